The van der Waals surface area contributed by atoms with Gasteiger partial charge in [0.1, 0.15) is 5.76 Å². The maximum Gasteiger partial charge on any atom is 0.343 e. The predicted octanol–water partition coefficient (Wildman–Crippen LogP) is 0.136. The highest BCUT2D eigenvalue weighted by Crippen LogP contribution is 2.13. The van der Waals surface area contributed by atoms with Gasteiger partial charge in [0.25, 0.3) is 0 Å². The lowest BCUT2D eigenvalue weighted by Crippen LogP contribution is -2.16. The lowest BCUT2D eigenvalue weighted by molar-refractivity contribution is -0.113. The Balaban J connectivity index is 1.89. The number of carbonyl (C=O) groups excluding carboxylic acids is 1. The van der Waals surface area contributed by atoms with Gasteiger partial charge in [-0.1, -0.05) is 16.9 Å². The van der Waals surface area contributed by atoms with E-state index in [1.165, 1.54) is 4.57 Å². The molecule has 18 heavy (non-hydrogen) atoms. The molecule has 2 aromatic rings. The predicted molar refractivity (Wildman–Crippen MR) is 64.4 cm³/mol. The van der Waals surface area contributed by atoms with Crippen molar-refractivity contribution in [3.8, 4) is 0 Å². The van der Waals surface area contributed by atoms with Crippen molar-refractivity contribution in [3.63, 3.8) is 0 Å². The summed E-state index contributed by atoms with van der Waals surface area (Å²) in [4.78, 5) is 22.7. The SMILES string of the molecule is Cc1cc(NC(=O)CSc2n[nH]c(=O)n2C)no1. The van der Waals surface area contributed by atoms with E-state index in [2.05, 4.69) is 20.7 Å². The van der Waals surface area contributed by atoms with E-state index in [0.29, 0.717) is 16.7 Å². The Morgan fingerprint density at radius 1 is 1.67 bits per heavy atom. The van der Waals surface area contributed by atoms with Crippen LogP contribution in [0.4, 0.5) is 5.82 Å². The maximum absolute atomic E-state index is 11.6. The first-order valence-corrected chi connectivity index (χ1v) is 6.02. The van der Waals surface area contributed by atoms with Gasteiger partial charge in [-0.3, -0.25) is 9.36 Å². The van der Waals surface area contributed by atoms with Gasteiger partial charge >= 0.3 is 5.69 Å². The second-order valence-electron chi connectivity index (χ2n) is 3.53. The Kier molecular flexibility index (Phi) is 3.51. The molecule has 2 rings (SSSR count). The van der Waals surface area contributed by atoms with E-state index in [4.69, 9.17) is 4.52 Å². The molecule has 0 radical (unpaired) electrons. The average Bonchev–Trinajstić information content (AvgIpc) is 2.86. The molecule has 0 bridgehead atoms. The minimum atomic E-state index is -0.315. The summed E-state index contributed by atoms with van der Waals surface area (Å²) in [5.74, 6) is 0.870. The van der Waals surface area contributed by atoms with E-state index in [9.17, 15) is 9.59 Å². The standard InChI is InChI=1S/C9H11N5O3S/c1-5-3-6(13-17-5)10-7(15)4-18-9-12-11-8(16)14(9)2/h3H,4H2,1-2H3,(H,11,16)(H,10,13,15). The van der Waals surface area contributed by atoms with Crippen LogP contribution in [0.1, 0.15) is 5.76 Å². The van der Waals surface area contributed by atoms with E-state index in [1.54, 1.807) is 20.0 Å². The third-order valence-electron chi connectivity index (χ3n) is 2.07. The number of rotatable bonds is 4. The van der Waals surface area contributed by atoms with E-state index in [1.807, 2.05) is 0 Å². The summed E-state index contributed by atoms with van der Waals surface area (Å²) in [5.41, 5.74) is -0.315. The third-order valence-corrected chi connectivity index (χ3v) is 3.10. The number of aromatic amines is 1. The van der Waals surface area contributed by atoms with Crippen LogP contribution in [-0.4, -0.2) is 31.6 Å². The molecule has 2 heterocycles. The molecule has 0 aliphatic carbocycles. The highest BCUT2D eigenvalue weighted by Gasteiger charge is 2.10. The Hall–Kier alpha value is -2.03. The third kappa shape index (κ3) is 2.80. The molecule has 0 spiro atoms. The fraction of sp³-hybridized carbons (Fsp3) is 0.333. The molecule has 0 saturated heterocycles. The van der Waals surface area contributed by atoms with Crippen molar-refractivity contribution >= 4 is 23.5 Å². The molecule has 0 unspecified atom stereocenters. The molecule has 2 aromatic heterocycles. The second kappa shape index (κ2) is 5.08. The van der Waals surface area contributed by atoms with Crippen LogP contribution in [-0.2, 0) is 11.8 Å². The maximum atomic E-state index is 11.6. The fourth-order valence-electron chi connectivity index (χ4n) is 1.20. The molecule has 0 saturated carbocycles. The first-order valence-electron chi connectivity index (χ1n) is 5.03. The van der Waals surface area contributed by atoms with Gasteiger partial charge in [0, 0.05) is 13.1 Å². The number of nitrogens with one attached hydrogen (secondary N) is 2. The summed E-state index contributed by atoms with van der Waals surface area (Å²) < 4.78 is 6.15. The van der Waals surface area contributed by atoms with Crippen LogP contribution in [0.5, 0.6) is 0 Å². The van der Waals surface area contributed by atoms with Crippen LogP contribution < -0.4 is 11.0 Å². The summed E-state index contributed by atoms with van der Waals surface area (Å²) >= 11 is 1.15. The van der Waals surface area contributed by atoms with Crippen LogP contribution >= 0.6 is 11.8 Å². The van der Waals surface area contributed by atoms with Gasteiger partial charge < -0.3 is 9.84 Å². The minimum absolute atomic E-state index is 0.129. The largest absolute Gasteiger partial charge is 0.360 e. The lowest BCUT2D eigenvalue weighted by atomic mass is 10.5. The van der Waals surface area contributed by atoms with Crippen LogP contribution in [0.15, 0.2) is 20.5 Å². The van der Waals surface area contributed by atoms with E-state index in [-0.39, 0.29) is 17.3 Å². The molecule has 0 atom stereocenters. The summed E-state index contributed by atoms with van der Waals surface area (Å²) in [6, 6.07) is 1.62. The van der Waals surface area contributed by atoms with Crippen LogP contribution in [0.25, 0.3) is 0 Å². The number of nitrogens with zero attached hydrogens (tertiary/aromatic N) is 3. The quantitative estimate of drug-likeness (QED) is 0.764. The number of carbonyl (C=O) groups is 1. The van der Waals surface area contributed by atoms with Gasteiger partial charge in [-0.15, -0.1) is 5.10 Å². The fourth-order valence-corrected chi connectivity index (χ4v) is 1.92. The Labute approximate surface area is 106 Å². The normalized spacial score (nSPS) is 10.6. The van der Waals surface area contributed by atoms with Crippen LogP contribution in [0.3, 0.4) is 0 Å². The van der Waals surface area contributed by atoms with E-state index in [0.717, 1.165) is 11.8 Å². The Bertz CT molecular complexity index is 614. The smallest absolute Gasteiger partial charge is 0.343 e. The van der Waals surface area contributed by atoms with Crippen LogP contribution in [0.2, 0.25) is 0 Å². The van der Waals surface area contributed by atoms with Crippen molar-refractivity contribution in [3.05, 3.63) is 22.3 Å². The summed E-state index contributed by atoms with van der Waals surface area (Å²) in [6.07, 6.45) is 0. The van der Waals surface area contributed by atoms with Crippen molar-refractivity contribution < 1.29 is 9.32 Å². The zero-order valence-electron chi connectivity index (χ0n) is 9.76. The lowest BCUT2D eigenvalue weighted by Gasteiger charge is -2.00. The van der Waals surface area contributed by atoms with Crippen molar-refractivity contribution in [2.45, 2.75) is 12.1 Å². The number of hydrogen-bond acceptors (Lipinski definition) is 6. The van der Waals surface area contributed by atoms with E-state index >= 15 is 0 Å². The highest BCUT2D eigenvalue weighted by atomic mass is 32.2. The molecular formula is C9H11N5O3S. The number of thioether (sulfide) groups is 1. The van der Waals surface area contributed by atoms with Crippen molar-refractivity contribution in [2.24, 2.45) is 7.05 Å². The number of aryl methyl sites for hydroxylation is 1. The van der Waals surface area contributed by atoms with Crippen LogP contribution in [0, 0.1) is 6.92 Å². The zero-order valence-corrected chi connectivity index (χ0v) is 10.6. The monoisotopic (exact) mass is 269 g/mol. The van der Waals surface area contributed by atoms with Crippen molar-refractivity contribution in [1.82, 2.24) is 19.9 Å². The summed E-state index contributed by atoms with van der Waals surface area (Å²) in [6.45, 7) is 1.73. The van der Waals surface area contributed by atoms with Crippen molar-refractivity contribution in [1.29, 1.82) is 0 Å². The molecule has 2 N–H and O–H groups in total. The number of aromatic nitrogens is 4. The number of amides is 1. The summed E-state index contributed by atoms with van der Waals surface area (Å²) in [5, 5.41) is 12.7. The molecule has 0 aliphatic heterocycles. The number of H-pyrrole nitrogens is 1. The summed E-state index contributed by atoms with van der Waals surface area (Å²) in [7, 11) is 1.58. The van der Waals surface area contributed by atoms with Crippen molar-refractivity contribution in [2.75, 3.05) is 11.1 Å². The average molecular weight is 269 g/mol. The molecule has 9 heteroatoms. The van der Waals surface area contributed by atoms with Gasteiger partial charge in [0.05, 0.1) is 5.75 Å². The molecule has 0 fully saturated rings. The minimum Gasteiger partial charge on any atom is -0.360 e. The molecule has 0 aromatic carbocycles. The van der Waals surface area contributed by atoms with Gasteiger partial charge in [0.2, 0.25) is 5.91 Å². The Morgan fingerprint density at radius 2 is 2.44 bits per heavy atom. The molecule has 8 nitrogen and oxygen atoms in total. The molecular weight excluding hydrogens is 258 g/mol. The van der Waals surface area contributed by atoms with Gasteiger partial charge in [0.15, 0.2) is 11.0 Å². The molecule has 1 amide bonds. The zero-order chi connectivity index (χ0) is 13.1. The van der Waals surface area contributed by atoms with Gasteiger partial charge in [-0.2, -0.15) is 0 Å². The van der Waals surface area contributed by atoms with Gasteiger partial charge in [-0.25, -0.2) is 9.89 Å². The van der Waals surface area contributed by atoms with E-state index < -0.39 is 0 Å². The number of anilines is 1. The molecule has 0 aliphatic rings. The topological polar surface area (TPSA) is 106 Å². The number of hydrogen-bond donors (Lipinski definition) is 2. The first kappa shape index (κ1) is 12.4. The van der Waals surface area contributed by atoms with Gasteiger partial charge in [-0.05, 0) is 6.92 Å². The highest BCUT2D eigenvalue weighted by molar-refractivity contribution is 7.99. The first-order chi connectivity index (χ1) is 8.56. The second-order valence-corrected chi connectivity index (χ2v) is 4.47. The Morgan fingerprint density at radius 3 is 3.00 bits per heavy atom. The molecule has 96 valence electrons.